The van der Waals surface area contributed by atoms with Crippen molar-refractivity contribution in [2.45, 2.75) is 6.42 Å². The monoisotopic (exact) mass is 267 g/mol. The van der Waals surface area contributed by atoms with Gasteiger partial charge in [0, 0.05) is 19.2 Å². The average molecular weight is 267 g/mol. The van der Waals surface area contributed by atoms with Gasteiger partial charge in [-0.25, -0.2) is 4.98 Å². The summed E-state index contributed by atoms with van der Waals surface area (Å²) in [6, 6.07) is 14.2. The first-order chi connectivity index (χ1) is 9.93. The Morgan fingerprint density at radius 3 is 2.80 bits per heavy atom. The molecule has 102 valence electrons. The van der Waals surface area contributed by atoms with Crippen molar-refractivity contribution in [3.05, 3.63) is 59.8 Å². The lowest BCUT2D eigenvalue weighted by Gasteiger charge is -2.10. The minimum absolute atomic E-state index is 0.612. The summed E-state index contributed by atoms with van der Waals surface area (Å²) in [4.78, 5) is 8.73. The highest BCUT2D eigenvalue weighted by Gasteiger charge is 2.14. The van der Waals surface area contributed by atoms with Crippen LogP contribution >= 0.6 is 0 Å². The molecule has 0 fully saturated rings. The molecule has 20 heavy (non-hydrogen) atoms. The van der Waals surface area contributed by atoms with Crippen LogP contribution in [0.1, 0.15) is 11.1 Å². The van der Waals surface area contributed by atoms with E-state index in [1.54, 1.807) is 6.20 Å². The molecular weight excluding hydrogens is 250 g/mol. The zero-order chi connectivity index (χ0) is 13.6. The van der Waals surface area contributed by atoms with Gasteiger partial charge in [-0.05, 0) is 17.7 Å². The minimum atomic E-state index is 0.612. The molecule has 0 saturated carbocycles. The van der Waals surface area contributed by atoms with Crippen LogP contribution in [0.25, 0.3) is 0 Å². The predicted molar refractivity (Wildman–Crippen MR) is 79.3 cm³/mol. The SMILES string of the molecule is c1ccc(CCOc2ncccc2C2=NCCN2)cc1. The number of rotatable bonds is 5. The first-order valence-corrected chi connectivity index (χ1v) is 6.84. The maximum Gasteiger partial charge on any atom is 0.224 e. The molecule has 1 aliphatic heterocycles. The van der Waals surface area contributed by atoms with Gasteiger partial charge in [-0.3, -0.25) is 4.99 Å². The highest BCUT2D eigenvalue weighted by Crippen LogP contribution is 2.16. The second-order valence-corrected chi connectivity index (χ2v) is 4.60. The third-order valence-corrected chi connectivity index (χ3v) is 3.17. The van der Waals surface area contributed by atoms with Crippen LogP contribution in [-0.2, 0) is 6.42 Å². The molecule has 0 aliphatic carbocycles. The molecule has 1 aromatic heterocycles. The largest absolute Gasteiger partial charge is 0.477 e. The molecule has 0 unspecified atom stereocenters. The van der Waals surface area contributed by atoms with Crippen LogP contribution in [0.3, 0.4) is 0 Å². The predicted octanol–water partition coefficient (Wildman–Crippen LogP) is 2.05. The summed E-state index contributed by atoms with van der Waals surface area (Å²) in [5.41, 5.74) is 2.21. The number of amidine groups is 1. The van der Waals surface area contributed by atoms with Crippen molar-refractivity contribution in [1.82, 2.24) is 10.3 Å². The number of nitrogens with zero attached hydrogens (tertiary/aromatic N) is 2. The van der Waals surface area contributed by atoms with Crippen LogP contribution in [0.2, 0.25) is 0 Å². The van der Waals surface area contributed by atoms with Gasteiger partial charge < -0.3 is 10.1 Å². The van der Waals surface area contributed by atoms with Crippen LogP contribution in [0, 0.1) is 0 Å². The fraction of sp³-hybridized carbons (Fsp3) is 0.250. The van der Waals surface area contributed by atoms with Crippen molar-refractivity contribution in [2.75, 3.05) is 19.7 Å². The van der Waals surface area contributed by atoms with E-state index < -0.39 is 0 Å². The van der Waals surface area contributed by atoms with E-state index in [1.165, 1.54) is 5.56 Å². The summed E-state index contributed by atoms with van der Waals surface area (Å²) < 4.78 is 5.82. The van der Waals surface area contributed by atoms with Gasteiger partial charge >= 0.3 is 0 Å². The van der Waals surface area contributed by atoms with Crippen LogP contribution in [0.4, 0.5) is 0 Å². The lowest BCUT2D eigenvalue weighted by molar-refractivity contribution is 0.309. The molecule has 1 N–H and O–H groups in total. The molecule has 3 rings (SSSR count). The summed E-state index contributed by atoms with van der Waals surface area (Å²) in [6.07, 6.45) is 2.62. The van der Waals surface area contributed by atoms with Crippen molar-refractivity contribution in [1.29, 1.82) is 0 Å². The molecule has 0 radical (unpaired) electrons. The number of benzene rings is 1. The van der Waals surface area contributed by atoms with E-state index in [-0.39, 0.29) is 0 Å². The standard InChI is InChI=1S/C16H17N3O/c1-2-5-13(6-3-1)8-12-20-16-14(7-4-9-19-16)15-17-10-11-18-15/h1-7,9H,8,10-12H2,(H,17,18). The molecule has 0 atom stereocenters. The third-order valence-electron chi connectivity index (χ3n) is 3.17. The van der Waals surface area contributed by atoms with E-state index in [0.717, 1.165) is 30.9 Å². The van der Waals surface area contributed by atoms with Gasteiger partial charge in [-0.1, -0.05) is 30.3 Å². The summed E-state index contributed by atoms with van der Waals surface area (Å²) in [6.45, 7) is 2.31. The average Bonchev–Trinajstić information content (AvgIpc) is 3.03. The Kier molecular flexibility index (Phi) is 3.92. The van der Waals surface area contributed by atoms with Crippen molar-refractivity contribution >= 4 is 5.84 Å². The summed E-state index contributed by atoms with van der Waals surface area (Å²) in [5, 5.41) is 3.25. The molecule has 1 aromatic carbocycles. The smallest absolute Gasteiger partial charge is 0.224 e. The summed E-state index contributed by atoms with van der Waals surface area (Å²) >= 11 is 0. The van der Waals surface area contributed by atoms with Crippen LogP contribution in [0.5, 0.6) is 5.88 Å². The van der Waals surface area contributed by atoms with Gasteiger partial charge in [0.1, 0.15) is 5.84 Å². The van der Waals surface area contributed by atoms with Gasteiger partial charge in [0.15, 0.2) is 0 Å². The van der Waals surface area contributed by atoms with Crippen LogP contribution in [-0.4, -0.2) is 30.5 Å². The molecule has 2 heterocycles. The van der Waals surface area contributed by atoms with Gasteiger partial charge in [0.05, 0.1) is 18.7 Å². The number of ether oxygens (including phenoxy) is 1. The summed E-state index contributed by atoms with van der Waals surface area (Å²) in [7, 11) is 0. The van der Waals surface area contributed by atoms with E-state index in [2.05, 4.69) is 27.4 Å². The Hall–Kier alpha value is -2.36. The zero-order valence-corrected chi connectivity index (χ0v) is 11.2. The maximum atomic E-state index is 5.82. The van der Waals surface area contributed by atoms with Crippen molar-refractivity contribution in [3.8, 4) is 5.88 Å². The molecule has 2 aromatic rings. The molecule has 0 bridgehead atoms. The molecule has 0 saturated heterocycles. The Morgan fingerprint density at radius 2 is 2.00 bits per heavy atom. The fourth-order valence-corrected chi connectivity index (χ4v) is 2.17. The highest BCUT2D eigenvalue weighted by atomic mass is 16.5. The van der Waals surface area contributed by atoms with Crippen LogP contribution < -0.4 is 10.1 Å². The van der Waals surface area contributed by atoms with E-state index in [1.807, 2.05) is 30.3 Å². The van der Waals surface area contributed by atoms with Gasteiger partial charge in [-0.2, -0.15) is 0 Å². The number of aromatic nitrogens is 1. The van der Waals surface area contributed by atoms with Gasteiger partial charge in [0.2, 0.25) is 5.88 Å². The molecule has 1 aliphatic rings. The first kappa shape index (κ1) is 12.7. The van der Waals surface area contributed by atoms with E-state index >= 15 is 0 Å². The van der Waals surface area contributed by atoms with E-state index in [9.17, 15) is 0 Å². The Labute approximate surface area is 118 Å². The normalized spacial score (nSPS) is 13.7. The number of pyridine rings is 1. The second-order valence-electron chi connectivity index (χ2n) is 4.60. The molecule has 0 spiro atoms. The molecule has 4 heteroatoms. The van der Waals surface area contributed by atoms with Gasteiger partial charge in [0.25, 0.3) is 0 Å². The number of hydrogen-bond acceptors (Lipinski definition) is 4. The number of nitrogens with one attached hydrogen (secondary N) is 1. The van der Waals surface area contributed by atoms with Crippen molar-refractivity contribution in [3.63, 3.8) is 0 Å². The molecular formula is C16H17N3O. The topological polar surface area (TPSA) is 46.5 Å². The second kappa shape index (κ2) is 6.19. The molecule has 4 nitrogen and oxygen atoms in total. The lowest BCUT2D eigenvalue weighted by atomic mass is 10.2. The van der Waals surface area contributed by atoms with Crippen molar-refractivity contribution < 1.29 is 4.74 Å². The quantitative estimate of drug-likeness (QED) is 0.902. The van der Waals surface area contributed by atoms with Crippen molar-refractivity contribution in [2.24, 2.45) is 4.99 Å². The third kappa shape index (κ3) is 2.96. The Balaban J connectivity index is 1.65. The summed E-state index contributed by atoms with van der Waals surface area (Å²) in [5.74, 6) is 1.53. The Morgan fingerprint density at radius 1 is 1.10 bits per heavy atom. The maximum absolute atomic E-state index is 5.82. The fourth-order valence-electron chi connectivity index (χ4n) is 2.17. The highest BCUT2D eigenvalue weighted by molar-refractivity contribution is 6.01. The van der Waals surface area contributed by atoms with E-state index in [0.29, 0.717) is 12.5 Å². The van der Waals surface area contributed by atoms with E-state index in [4.69, 9.17) is 4.74 Å². The van der Waals surface area contributed by atoms with Gasteiger partial charge in [-0.15, -0.1) is 0 Å². The minimum Gasteiger partial charge on any atom is -0.477 e. The zero-order valence-electron chi connectivity index (χ0n) is 11.2. The number of aliphatic imine (C=N–C) groups is 1. The lowest BCUT2D eigenvalue weighted by Crippen LogP contribution is -2.21. The number of hydrogen-bond donors (Lipinski definition) is 1. The first-order valence-electron chi connectivity index (χ1n) is 6.84. The van der Waals surface area contributed by atoms with Crippen LogP contribution in [0.15, 0.2) is 53.7 Å². The Bertz CT molecular complexity index is 596. The molecule has 0 amide bonds.